The number of hydrogen-bond acceptors (Lipinski definition) is 4. The van der Waals surface area contributed by atoms with E-state index in [-0.39, 0.29) is 5.91 Å². The maximum atomic E-state index is 12.4. The number of rotatable bonds is 3. The number of nitrogens with one attached hydrogen (secondary N) is 1. The van der Waals surface area contributed by atoms with Gasteiger partial charge in [-0.1, -0.05) is 12.5 Å². The predicted molar refractivity (Wildman–Crippen MR) is 79.5 cm³/mol. The van der Waals surface area contributed by atoms with Gasteiger partial charge in [0.1, 0.15) is 5.75 Å². The average Bonchev–Trinajstić information content (AvgIpc) is 2.43. The summed E-state index contributed by atoms with van der Waals surface area (Å²) in [5, 5.41) is 2.03. The van der Waals surface area contributed by atoms with Crippen molar-refractivity contribution < 1.29 is 9.53 Å². The molecule has 5 heteroatoms. The van der Waals surface area contributed by atoms with Crippen LogP contribution in [-0.2, 0) is 0 Å². The third-order valence-electron chi connectivity index (χ3n) is 3.95. The van der Waals surface area contributed by atoms with Gasteiger partial charge in [-0.2, -0.15) is 0 Å². The van der Waals surface area contributed by atoms with Crippen LogP contribution >= 0.6 is 0 Å². The Hall–Kier alpha value is -1.75. The molecule has 0 spiro atoms. The van der Waals surface area contributed by atoms with Crippen molar-refractivity contribution in [2.45, 2.75) is 45.2 Å². The molecule has 1 fully saturated rings. The van der Waals surface area contributed by atoms with Gasteiger partial charge in [0.15, 0.2) is 0 Å². The van der Waals surface area contributed by atoms with Gasteiger partial charge >= 0.3 is 0 Å². The summed E-state index contributed by atoms with van der Waals surface area (Å²) >= 11 is 0. The zero-order valence-electron chi connectivity index (χ0n) is 12.3. The molecule has 3 N–H and O–H groups in total. The van der Waals surface area contributed by atoms with E-state index in [2.05, 4.69) is 19.3 Å². The fraction of sp³-hybridized carbons (Fsp3) is 0.533. The van der Waals surface area contributed by atoms with E-state index in [0.717, 1.165) is 12.8 Å². The molecule has 1 amide bonds. The average molecular weight is 277 g/mol. The lowest BCUT2D eigenvalue weighted by atomic mass is 10.00. The number of nitrogens with zero attached hydrogens (tertiary/aromatic N) is 1. The largest absolute Gasteiger partial charge is 0.495 e. The molecule has 1 aliphatic heterocycles. The molecule has 5 nitrogen and oxygen atoms in total. The zero-order chi connectivity index (χ0) is 14.7. The normalized spacial score (nSPS) is 23.4. The smallest absolute Gasteiger partial charge is 0.267 e. The van der Waals surface area contributed by atoms with Gasteiger partial charge in [0.25, 0.3) is 5.91 Å². The fourth-order valence-electron chi connectivity index (χ4n) is 2.74. The highest BCUT2D eigenvalue weighted by Gasteiger charge is 2.27. The molecule has 2 rings (SSSR count). The second-order valence-corrected chi connectivity index (χ2v) is 5.40. The Labute approximate surface area is 120 Å². The predicted octanol–water partition coefficient (Wildman–Crippen LogP) is 2.19. The van der Waals surface area contributed by atoms with Gasteiger partial charge in [-0.15, -0.1) is 0 Å². The van der Waals surface area contributed by atoms with Crippen LogP contribution in [0.4, 0.5) is 5.69 Å². The maximum absolute atomic E-state index is 12.4. The quantitative estimate of drug-likeness (QED) is 0.831. The summed E-state index contributed by atoms with van der Waals surface area (Å²) in [4.78, 5) is 12.4. The van der Waals surface area contributed by atoms with Gasteiger partial charge in [0.2, 0.25) is 0 Å². The third kappa shape index (κ3) is 2.88. The van der Waals surface area contributed by atoms with Crippen molar-refractivity contribution in [1.82, 2.24) is 10.4 Å². The molecule has 1 saturated heterocycles. The van der Waals surface area contributed by atoms with Gasteiger partial charge in [-0.25, -0.2) is 5.01 Å². The molecule has 20 heavy (non-hydrogen) atoms. The number of methoxy groups -OCH3 is 1. The Kier molecular flexibility index (Phi) is 4.49. The van der Waals surface area contributed by atoms with Gasteiger partial charge in [0.05, 0.1) is 18.4 Å². The number of nitrogens with two attached hydrogens (primary N) is 1. The van der Waals surface area contributed by atoms with E-state index in [9.17, 15) is 4.79 Å². The van der Waals surface area contributed by atoms with Gasteiger partial charge in [-0.05, 0) is 38.8 Å². The number of ether oxygens (including phenoxy) is 1. The van der Waals surface area contributed by atoms with Crippen LogP contribution in [0, 0.1) is 0 Å². The second kappa shape index (κ2) is 6.13. The third-order valence-corrected chi connectivity index (χ3v) is 3.95. The minimum absolute atomic E-state index is 0.179. The van der Waals surface area contributed by atoms with E-state index in [1.54, 1.807) is 25.3 Å². The molecule has 0 radical (unpaired) electrons. The van der Waals surface area contributed by atoms with Crippen molar-refractivity contribution in [3.63, 3.8) is 0 Å². The van der Waals surface area contributed by atoms with Gasteiger partial charge in [0, 0.05) is 12.1 Å². The number of carbonyl (C=O) groups excluding carboxylic acids is 1. The SMILES string of the molecule is COc1cccc(C(=O)NN2C(C)CCCC2C)c1N. The molecule has 1 aliphatic rings. The monoisotopic (exact) mass is 277 g/mol. The molecule has 1 aromatic rings. The van der Waals surface area contributed by atoms with E-state index >= 15 is 0 Å². The van der Waals surface area contributed by atoms with Gasteiger partial charge < -0.3 is 10.5 Å². The van der Waals surface area contributed by atoms with Crippen LogP contribution in [0.25, 0.3) is 0 Å². The van der Waals surface area contributed by atoms with E-state index in [4.69, 9.17) is 10.5 Å². The molecule has 2 atom stereocenters. The van der Waals surface area contributed by atoms with Crippen molar-refractivity contribution in [1.29, 1.82) is 0 Å². The number of piperidine rings is 1. The summed E-state index contributed by atoms with van der Waals surface area (Å²) in [6.07, 6.45) is 3.40. The fourth-order valence-corrected chi connectivity index (χ4v) is 2.74. The first kappa shape index (κ1) is 14.7. The molecule has 1 aromatic carbocycles. The van der Waals surface area contributed by atoms with Crippen molar-refractivity contribution >= 4 is 11.6 Å². The molecular weight excluding hydrogens is 254 g/mol. The summed E-state index contributed by atoms with van der Waals surface area (Å²) in [6, 6.07) is 5.92. The lowest BCUT2D eigenvalue weighted by Crippen LogP contribution is -2.54. The number of hydrogen-bond donors (Lipinski definition) is 2. The minimum atomic E-state index is -0.179. The minimum Gasteiger partial charge on any atom is -0.495 e. The van der Waals surface area contributed by atoms with Crippen LogP contribution in [0.1, 0.15) is 43.5 Å². The van der Waals surface area contributed by atoms with Crippen LogP contribution in [-0.4, -0.2) is 30.1 Å². The number of anilines is 1. The molecular formula is C15H23N3O2. The summed E-state index contributed by atoms with van der Waals surface area (Å²) < 4.78 is 5.15. The lowest BCUT2D eigenvalue weighted by Gasteiger charge is -2.38. The van der Waals surface area contributed by atoms with Crippen molar-refractivity contribution in [2.24, 2.45) is 0 Å². The van der Waals surface area contributed by atoms with Crippen LogP contribution in [0.15, 0.2) is 18.2 Å². The van der Waals surface area contributed by atoms with E-state index in [1.807, 2.05) is 5.01 Å². The van der Waals surface area contributed by atoms with Crippen LogP contribution in [0.5, 0.6) is 5.75 Å². The molecule has 1 heterocycles. The number of nitrogen functional groups attached to an aromatic ring is 1. The topological polar surface area (TPSA) is 67.6 Å². The van der Waals surface area contributed by atoms with E-state index < -0.39 is 0 Å². The first-order chi connectivity index (χ1) is 9.54. The molecule has 0 aliphatic carbocycles. The van der Waals surface area contributed by atoms with Crippen LogP contribution in [0.2, 0.25) is 0 Å². The highest BCUT2D eigenvalue weighted by molar-refractivity contribution is 6.00. The van der Waals surface area contributed by atoms with Crippen molar-refractivity contribution in [2.75, 3.05) is 12.8 Å². The molecule has 0 saturated carbocycles. The Morgan fingerprint density at radius 3 is 2.60 bits per heavy atom. The zero-order valence-corrected chi connectivity index (χ0v) is 12.3. The Morgan fingerprint density at radius 2 is 2.00 bits per heavy atom. The summed E-state index contributed by atoms with van der Waals surface area (Å²) in [5.41, 5.74) is 9.78. The summed E-state index contributed by atoms with van der Waals surface area (Å²) in [6.45, 7) is 4.26. The Bertz CT molecular complexity index is 480. The van der Waals surface area contributed by atoms with Crippen LogP contribution in [0.3, 0.4) is 0 Å². The first-order valence-corrected chi connectivity index (χ1v) is 7.06. The first-order valence-electron chi connectivity index (χ1n) is 7.06. The molecule has 0 bridgehead atoms. The van der Waals surface area contributed by atoms with E-state index in [1.165, 1.54) is 6.42 Å². The van der Waals surface area contributed by atoms with Crippen molar-refractivity contribution in [3.8, 4) is 5.75 Å². The number of hydrazine groups is 1. The number of amides is 1. The number of para-hydroxylation sites is 1. The van der Waals surface area contributed by atoms with E-state index in [0.29, 0.717) is 29.1 Å². The highest BCUT2D eigenvalue weighted by Crippen LogP contribution is 2.25. The summed E-state index contributed by atoms with van der Waals surface area (Å²) in [5.74, 6) is 0.347. The highest BCUT2D eigenvalue weighted by atomic mass is 16.5. The standard InChI is InChI=1S/C15H23N3O2/c1-10-6-4-7-11(2)18(10)17-15(19)12-8-5-9-13(20-3)14(12)16/h5,8-11H,4,6-7,16H2,1-3H3,(H,17,19). The Balaban J connectivity index is 2.15. The maximum Gasteiger partial charge on any atom is 0.267 e. The second-order valence-electron chi connectivity index (χ2n) is 5.40. The van der Waals surface area contributed by atoms with Crippen LogP contribution < -0.4 is 15.9 Å². The lowest BCUT2D eigenvalue weighted by molar-refractivity contribution is 0.0370. The Morgan fingerprint density at radius 1 is 1.35 bits per heavy atom. The number of carbonyl (C=O) groups is 1. The van der Waals surface area contributed by atoms with Gasteiger partial charge in [-0.3, -0.25) is 10.2 Å². The molecule has 110 valence electrons. The molecule has 0 aromatic heterocycles. The molecule has 2 unspecified atom stereocenters. The number of benzene rings is 1. The van der Waals surface area contributed by atoms with Crippen molar-refractivity contribution in [3.05, 3.63) is 23.8 Å². The summed E-state index contributed by atoms with van der Waals surface area (Å²) in [7, 11) is 1.54.